The van der Waals surface area contributed by atoms with E-state index in [-0.39, 0.29) is 12.7 Å². The summed E-state index contributed by atoms with van der Waals surface area (Å²) in [5, 5.41) is 18.9. The van der Waals surface area contributed by atoms with Gasteiger partial charge in [-0.2, -0.15) is 0 Å². The van der Waals surface area contributed by atoms with Crippen LogP contribution >= 0.6 is 0 Å². The van der Waals surface area contributed by atoms with E-state index in [0.29, 0.717) is 17.8 Å². The predicted octanol–water partition coefficient (Wildman–Crippen LogP) is 1.56. The van der Waals surface area contributed by atoms with Crippen LogP contribution in [-0.4, -0.2) is 22.9 Å². The molecule has 0 aromatic rings. The highest BCUT2D eigenvalue weighted by atomic mass is 16.3. The topological polar surface area (TPSA) is 40.5 Å². The molecule has 2 saturated carbocycles. The van der Waals surface area contributed by atoms with Gasteiger partial charge in [-0.25, -0.2) is 0 Å². The standard InChI is InChI=1S/C11H20O2/c12-7-9-6-10(9)11(13)8-4-2-1-3-5-8/h8-13H,1-7H2/t9-,10-,11-/m1/s1. The lowest BCUT2D eigenvalue weighted by atomic mass is 9.83. The average Bonchev–Trinajstić information content (AvgIpc) is 2.97. The Morgan fingerprint density at radius 3 is 2.38 bits per heavy atom. The van der Waals surface area contributed by atoms with Crippen LogP contribution in [-0.2, 0) is 0 Å². The molecule has 13 heavy (non-hydrogen) atoms. The Labute approximate surface area is 80.0 Å². The number of aliphatic hydroxyl groups excluding tert-OH is 2. The summed E-state index contributed by atoms with van der Waals surface area (Å²) in [5.74, 6) is 1.38. The molecule has 0 unspecified atom stereocenters. The zero-order valence-electron chi connectivity index (χ0n) is 8.15. The zero-order valence-corrected chi connectivity index (χ0v) is 8.15. The van der Waals surface area contributed by atoms with Crippen LogP contribution in [0.2, 0.25) is 0 Å². The summed E-state index contributed by atoms with van der Waals surface area (Å²) in [6.07, 6.45) is 7.27. The van der Waals surface area contributed by atoms with Gasteiger partial charge >= 0.3 is 0 Å². The van der Waals surface area contributed by atoms with Crippen LogP contribution in [0.15, 0.2) is 0 Å². The zero-order chi connectivity index (χ0) is 9.26. The molecule has 0 amide bonds. The largest absolute Gasteiger partial charge is 0.396 e. The van der Waals surface area contributed by atoms with Crippen LogP contribution in [0, 0.1) is 17.8 Å². The highest BCUT2D eigenvalue weighted by Gasteiger charge is 2.44. The molecule has 2 N–H and O–H groups in total. The van der Waals surface area contributed by atoms with Gasteiger partial charge in [0.25, 0.3) is 0 Å². The molecule has 0 saturated heterocycles. The molecule has 0 aliphatic heterocycles. The van der Waals surface area contributed by atoms with E-state index in [9.17, 15) is 5.11 Å². The second kappa shape index (κ2) is 3.97. The van der Waals surface area contributed by atoms with E-state index < -0.39 is 0 Å². The SMILES string of the molecule is OC[C@H]1C[C@H]1[C@H](O)C1CCCCC1. The monoisotopic (exact) mass is 184 g/mol. The number of hydrogen-bond acceptors (Lipinski definition) is 2. The molecule has 0 heterocycles. The van der Waals surface area contributed by atoms with Gasteiger partial charge in [0, 0.05) is 6.61 Å². The van der Waals surface area contributed by atoms with E-state index in [0.717, 1.165) is 6.42 Å². The Morgan fingerprint density at radius 1 is 1.15 bits per heavy atom. The first-order chi connectivity index (χ1) is 6.33. The fraction of sp³-hybridized carbons (Fsp3) is 1.00. The maximum absolute atomic E-state index is 10.0. The van der Waals surface area contributed by atoms with Gasteiger partial charge in [-0.15, -0.1) is 0 Å². The van der Waals surface area contributed by atoms with Crippen LogP contribution in [0.5, 0.6) is 0 Å². The van der Waals surface area contributed by atoms with Crippen LogP contribution < -0.4 is 0 Å². The van der Waals surface area contributed by atoms with Crippen molar-refractivity contribution in [3.63, 3.8) is 0 Å². The molecule has 2 aliphatic carbocycles. The van der Waals surface area contributed by atoms with E-state index in [1.807, 2.05) is 0 Å². The Hall–Kier alpha value is -0.0800. The van der Waals surface area contributed by atoms with Gasteiger partial charge in [-0.1, -0.05) is 19.3 Å². The van der Waals surface area contributed by atoms with E-state index in [1.54, 1.807) is 0 Å². The quantitative estimate of drug-likeness (QED) is 0.698. The second-order valence-corrected chi connectivity index (χ2v) is 4.73. The summed E-state index contributed by atoms with van der Waals surface area (Å²) in [4.78, 5) is 0. The molecule has 2 nitrogen and oxygen atoms in total. The Kier molecular flexibility index (Phi) is 2.89. The van der Waals surface area contributed by atoms with Gasteiger partial charge in [0.2, 0.25) is 0 Å². The van der Waals surface area contributed by atoms with Gasteiger partial charge < -0.3 is 10.2 Å². The number of rotatable bonds is 3. The van der Waals surface area contributed by atoms with E-state index in [4.69, 9.17) is 5.11 Å². The van der Waals surface area contributed by atoms with Crippen molar-refractivity contribution in [2.45, 2.75) is 44.6 Å². The third-order valence-corrected chi connectivity index (χ3v) is 3.78. The van der Waals surface area contributed by atoms with Crippen LogP contribution in [0.25, 0.3) is 0 Å². The molecule has 3 atom stereocenters. The summed E-state index contributed by atoms with van der Waals surface area (Å²) >= 11 is 0. The van der Waals surface area contributed by atoms with Crippen molar-refractivity contribution < 1.29 is 10.2 Å². The Morgan fingerprint density at radius 2 is 1.85 bits per heavy atom. The number of aliphatic hydroxyl groups is 2. The Bertz CT molecular complexity index is 163. The molecule has 2 rings (SSSR count). The van der Waals surface area contributed by atoms with Crippen molar-refractivity contribution in [2.75, 3.05) is 6.61 Å². The molecule has 0 aromatic heterocycles. The summed E-state index contributed by atoms with van der Waals surface area (Å²) in [5.41, 5.74) is 0. The first kappa shape index (κ1) is 9.47. The molecule has 0 spiro atoms. The molecule has 76 valence electrons. The molecule has 0 bridgehead atoms. The lowest BCUT2D eigenvalue weighted by Crippen LogP contribution is -2.25. The molecule has 0 aromatic carbocycles. The minimum Gasteiger partial charge on any atom is -0.396 e. The van der Waals surface area contributed by atoms with E-state index in [2.05, 4.69) is 0 Å². The summed E-state index contributed by atoms with van der Waals surface area (Å²) in [6, 6.07) is 0. The Balaban J connectivity index is 1.79. The third-order valence-electron chi connectivity index (χ3n) is 3.78. The van der Waals surface area contributed by atoms with Crippen molar-refractivity contribution in [3.05, 3.63) is 0 Å². The first-order valence-corrected chi connectivity index (χ1v) is 5.62. The highest BCUT2D eigenvalue weighted by Crippen LogP contribution is 2.45. The minimum atomic E-state index is -0.113. The van der Waals surface area contributed by atoms with Crippen LogP contribution in [0.3, 0.4) is 0 Å². The van der Waals surface area contributed by atoms with E-state index >= 15 is 0 Å². The molecule has 2 aliphatic rings. The van der Waals surface area contributed by atoms with Crippen molar-refractivity contribution >= 4 is 0 Å². The van der Waals surface area contributed by atoms with Gasteiger partial charge in [-0.3, -0.25) is 0 Å². The molecule has 2 fully saturated rings. The lowest BCUT2D eigenvalue weighted by Gasteiger charge is -2.26. The van der Waals surface area contributed by atoms with Crippen molar-refractivity contribution in [3.8, 4) is 0 Å². The average molecular weight is 184 g/mol. The van der Waals surface area contributed by atoms with Gasteiger partial charge in [0.15, 0.2) is 0 Å². The molecular formula is C11H20O2. The second-order valence-electron chi connectivity index (χ2n) is 4.73. The van der Waals surface area contributed by atoms with Gasteiger partial charge in [0.05, 0.1) is 6.10 Å². The van der Waals surface area contributed by atoms with Gasteiger partial charge in [-0.05, 0) is 37.0 Å². The molecule has 2 heteroatoms. The van der Waals surface area contributed by atoms with E-state index in [1.165, 1.54) is 32.1 Å². The maximum Gasteiger partial charge on any atom is 0.0600 e. The number of hydrogen-bond donors (Lipinski definition) is 2. The smallest absolute Gasteiger partial charge is 0.0600 e. The van der Waals surface area contributed by atoms with Crippen molar-refractivity contribution in [1.29, 1.82) is 0 Å². The van der Waals surface area contributed by atoms with Gasteiger partial charge in [0.1, 0.15) is 0 Å². The molecular weight excluding hydrogens is 164 g/mol. The predicted molar refractivity (Wildman–Crippen MR) is 51.3 cm³/mol. The minimum absolute atomic E-state index is 0.113. The highest BCUT2D eigenvalue weighted by molar-refractivity contribution is 4.93. The normalized spacial score (nSPS) is 37.4. The van der Waals surface area contributed by atoms with Crippen molar-refractivity contribution in [1.82, 2.24) is 0 Å². The van der Waals surface area contributed by atoms with Crippen molar-refractivity contribution in [2.24, 2.45) is 17.8 Å². The lowest BCUT2D eigenvalue weighted by molar-refractivity contribution is 0.0576. The fourth-order valence-electron chi connectivity index (χ4n) is 2.72. The summed E-state index contributed by atoms with van der Waals surface area (Å²) in [7, 11) is 0. The third kappa shape index (κ3) is 2.05. The summed E-state index contributed by atoms with van der Waals surface area (Å²) < 4.78 is 0. The fourth-order valence-corrected chi connectivity index (χ4v) is 2.72. The van der Waals surface area contributed by atoms with Crippen LogP contribution in [0.1, 0.15) is 38.5 Å². The van der Waals surface area contributed by atoms with Crippen LogP contribution in [0.4, 0.5) is 0 Å². The first-order valence-electron chi connectivity index (χ1n) is 5.62. The maximum atomic E-state index is 10.0. The molecule has 0 radical (unpaired) electrons. The summed E-state index contributed by atoms with van der Waals surface area (Å²) in [6.45, 7) is 0.272.